The third-order valence-corrected chi connectivity index (χ3v) is 3.08. The zero-order chi connectivity index (χ0) is 16.1. The molecule has 1 atom stereocenters. The van der Waals surface area contributed by atoms with E-state index < -0.39 is 6.61 Å². The standard InChI is InChI=1S/C14H17F2N3O3/c1-8(17-2)6-12-18-13(22-19-12)9-4-5-10(20-3)11(7-9)21-14(15)16/h4-5,7-8,14,17H,6H2,1-3H3. The van der Waals surface area contributed by atoms with Crippen LogP contribution in [0.2, 0.25) is 0 Å². The Morgan fingerprint density at radius 2 is 2.09 bits per heavy atom. The Morgan fingerprint density at radius 1 is 1.32 bits per heavy atom. The fraction of sp³-hybridized carbons (Fsp3) is 0.429. The predicted molar refractivity (Wildman–Crippen MR) is 75.1 cm³/mol. The quantitative estimate of drug-likeness (QED) is 0.847. The first kappa shape index (κ1) is 16.2. The van der Waals surface area contributed by atoms with Crippen molar-refractivity contribution in [1.82, 2.24) is 15.5 Å². The summed E-state index contributed by atoms with van der Waals surface area (Å²) in [6.07, 6.45) is 0.594. The Kier molecular flexibility index (Phi) is 5.26. The molecule has 120 valence electrons. The van der Waals surface area contributed by atoms with E-state index in [2.05, 4.69) is 20.2 Å². The summed E-state index contributed by atoms with van der Waals surface area (Å²) in [6.45, 7) is -0.961. The van der Waals surface area contributed by atoms with Crippen molar-refractivity contribution in [2.45, 2.75) is 26.0 Å². The van der Waals surface area contributed by atoms with Crippen LogP contribution in [0.1, 0.15) is 12.7 Å². The Balaban J connectivity index is 2.25. The van der Waals surface area contributed by atoms with Crippen molar-refractivity contribution in [3.05, 3.63) is 24.0 Å². The molecule has 6 nitrogen and oxygen atoms in total. The van der Waals surface area contributed by atoms with Crippen molar-refractivity contribution >= 4 is 0 Å². The van der Waals surface area contributed by atoms with Gasteiger partial charge in [-0.15, -0.1) is 0 Å². The summed E-state index contributed by atoms with van der Waals surface area (Å²) >= 11 is 0. The van der Waals surface area contributed by atoms with Crippen LogP contribution in [0.5, 0.6) is 11.5 Å². The highest BCUT2D eigenvalue weighted by atomic mass is 19.3. The lowest BCUT2D eigenvalue weighted by Crippen LogP contribution is -2.24. The fourth-order valence-corrected chi connectivity index (χ4v) is 1.83. The molecule has 1 N–H and O–H groups in total. The third kappa shape index (κ3) is 3.91. The molecular weight excluding hydrogens is 296 g/mol. The number of ether oxygens (including phenoxy) is 2. The minimum atomic E-state index is -2.95. The fourth-order valence-electron chi connectivity index (χ4n) is 1.83. The first-order chi connectivity index (χ1) is 10.5. The van der Waals surface area contributed by atoms with Gasteiger partial charge >= 0.3 is 6.61 Å². The third-order valence-electron chi connectivity index (χ3n) is 3.08. The summed E-state index contributed by atoms with van der Waals surface area (Å²) in [5.41, 5.74) is 0.479. The zero-order valence-electron chi connectivity index (χ0n) is 12.5. The lowest BCUT2D eigenvalue weighted by Gasteiger charge is -2.10. The van der Waals surface area contributed by atoms with Gasteiger partial charge in [0, 0.05) is 18.0 Å². The van der Waals surface area contributed by atoms with Crippen molar-refractivity contribution < 1.29 is 22.8 Å². The van der Waals surface area contributed by atoms with Crippen LogP contribution in [0.25, 0.3) is 11.5 Å². The number of hydrogen-bond acceptors (Lipinski definition) is 6. The van der Waals surface area contributed by atoms with Crippen molar-refractivity contribution in [3.8, 4) is 23.0 Å². The van der Waals surface area contributed by atoms with Gasteiger partial charge in [0.05, 0.1) is 7.11 Å². The Morgan fingerprint density at radius 3 is 2.73 bits per heavy atom. The van der Waals surface area contributed by atoms with Crippen LogP contribution in [-0.4, -0.2) is 37.0 Å². The number of halogens is 2. The van der Waals surface area contributed by atoms with Crippen molar-refractivity contribution in [2.75, 3.05) is 14.2 Å². The van der Waals surface area contributed by atoms with Gasteiger partial charge in [-0.3, -0.25) is 0 Å². The van der Waals surface area contributed by atoms with Gasteiger partial charge in [0.2, 0.25) is 0 Å². The molecule has 2 rings (SSSR count). The van der Waals surface area contributed by atoms with Gasteiger partial charge in [-0.1, -0.05) is 5.16 Å². The first-order valence-electron chi connectivity index (χ1n) is 6.66. The van der Waals surface area contributed by atoms with Gasteiger partial charge in [-0.25, -0.2) is 0 Å². The molecule has 0 saturated heterocycles. The topological polar surface area (TPSA) is 69.4 Å². The summed E-state index contributed by atoms with van der Waals surface area (Å²) < 4.78 is 39.4. The van der Waals surface area contributed by atoms with Gasteiger partial charge in [-0.05, 0) is 32.2 Å². The number of alkyl halides is 2. The molecule has 1 aromatic carbocycles. The van der Waals surface area contributed by atoms with Crippen molar-refractivity contribution in [2.24, 2.45) is 0 Å². The van der Waals surface area contributed by atoms with E-state index >= 15 is 0 Å². The lowest BCUT2D eigenvalue weighted by molar-refractivity contribution is -0.0511. The van der Waals surface area contributed by atoms with Crippen LogP contribution in [0, 0.1) is 0 Å². The smallest absolute Gasteiger partial charge is 0.387 e. The van der Waals surface area contributed by atoms with E-state index in [1.165, 1.54) is 19.2 Å². The number of nitrogens with one attached hydrogen (secondary N) is 1. The Hall–Kier alpha value is -2.22. The molecular formula is C14H17F2N3O3. The number of likely N-dealkylation sites (N-methyl/N-ethyl adjacent to an activating group) is 1. The maximum absolute atomic E-state index is 12.4. The molecule has 0 radical (unpaired) electrons. The number of hydrogen-bond donors (Lipinski definition) is 1. The highest BCUT2D eigenvalue weighted by molar-refractivity contribution is 5.59. The minimum Gasteiger partial charge on any atom is -0.493 e. The van der Waals surface area contributed by atoms with Gasteiger partial charge in [0.15, 0.2) is 17.3 Å². The van der Waals surface area contributed by atoms with Crippen molar-refractivity contribution in [1.29, 1.82) is 0 Å². The Bertz CT molecular complexity index is 619. The van der Waals surface area contributed by atoms with Crippen molar-refractivity contribution in [3.63, 3.8) is 0 Å². The number of nitrogens with zero attached hydrogens (tertiary/aromatic N) is 2. The number of benzene rings is 1. The highest BCUT2D eigenvalue weighted by Crippen LogP contribution is 2.33. The average Bonchev–Trinajstić information content (AvgIpc) is 2.95. The largest absolute Gasteiger partial charge is 0.493 e. The molecule has 1 aromatic heterocycles. The summed E-state index contributed by atoms with van der Waals surface area (Å²) in [5.74, 6) is 0.884. The number of aromatic nitrogens is 2. The van der Waals surface area contributed by atoms with Crippen LogP contribution in [0.4, 0.5) is 8.78 Å². The van der Waals surface area contributed by atoms with Gasteiger partial charge in [0.25, 0.3) is 5.89 Å². The molecule has 0 aliphatic rings. The summed E-state index contributed by atoms with van der Waals surface area (Å²) in [6, 6.07) is 4.71. The van der Waals surface area contributed by atoms with E-state index in [1.54, 1.807) is 6.07 Å². The molecule has 1 unspecified atom stereocenters. The molecule has 8 heteroatoms. The molecule has 0 saturated carbocycles. The van der Waals surface area contributed by atoms with E-state index in [4.69, 9.17) is 9.26 Å². The molecule has 0 spiro atoms. The maximum Gasteiger partial charge on any atom is 0.387 e. The van der Waals surface area contributed by atoms with Crippen LogP contribution < -0.4 is 14.8 Å². The van der Waals surface area contributed by atoms with E-state index in [0.29, 0.717) is 17.8 Å². The first-order valence-corrected chi connectivity index (χ1v) is 6.66. The minimum absolute atomic E-state index is 0.0849. The predicted octanol–water partition coefficient (Wildman–Crippen LogP) is 2.50. The van der Waals surface area contributed by atoms with Crippen LogP contribution >= 0.6 is 0 Å². The lowest BCUT2D eigenvalue weighted by atomic mass is 10.2. The molecule has 0 bridgehead atoms. The second kappa shape index (κ2) is 7.17. The summed E-state index contributed by atoms with van der Waals surface area (Å²) in [4.78, 5) is 4.24. The maximum atomic E-state index is 12.4. The normalized spacial score (nSPS) is 12.5. The van der Waals surface area contributed by atoms with Crippen LogP contribution in [-0.2, 0) is 6.42 Å². The van der Waals surface area contributed by atoms with Gasteiger partial charge in [-0.2, -0.15) is 13.8 Å². The molecule has 2 aromatic rings. The number of methoxy groups -OCH3 is 1. The molecule has 22 heavy (non-hydrogen) atoms. The van der Waals surface area contributed by atoms with Crippen LogP contribution in [0.3, 0.4) is 0 Å². The molecule has 0 amide bonds. The van der Waals surface area contributed by atoms with Gasteiger partial charge < -0.3 is 19.3 Å². The second-order valence-electron chi connectivity index (χ2n) is 4.65. The molecule has 0 aliphatic heterocycles. The van der Waals surface area contributed by atoms with Crippen LogP contribution in [0.15, 0.2) is 22.7 Å². The number of rotatable bonds is 7. The SMILES string of the molecule is CNC(C)Cc1noc(-c2ccc(OC)c(OC(F)F)c2)n1. The summed E-state index contributed by atoms with van der Waals surface area (Å²) in [5, 5.41) is 6.93. The van der Waals surface area contributed by atoms with E-state index in [1.807, 2.05) is 14.0 Å². The van der Waals surface area contributed by atoms with E-state index in [0.717, 1.165) is 0 Å². The zero-order valence-corrected chi connectivity index (χ0v) is 12.5. The average molecular weight is 313 g/mol. The van der Waals surface area contributed by atoms with E-state index in [9.17, 15) is 8.78 Å². The molecule has 0 fully saturated rings. The monoisotopic (exact) mass is 313 g/mol. The molecule has 1 heterocycles. The summed E-state index contributed by atoms with van der Waals surface area (Å²) in [7, 11) is 3.21. The highest BCUT2D eigenvalue weighted by Gasteiger charge is 2.16. The second-order valence-corrected chi connectivity index (χ2v) is 4.65. The van der Waals surface area contributed by atoms with E-state index in [-0.39, 0.29) is 23.4 Å². The molecule has 0 aliphatic carbocycles. The Labute approximate surface area is 126 Å². The van der Waals surface area contributed by atoms with Gasteiger partial charge in [0.1, 0.15) is 0 Å².